The van der Waals surface area contributed by atoms with Gasteiger partial charge in [-0.3, -0.25) is 14.6 Å². The van der Waals surface area contributed by atoms with E-state index in [1.807, 2.05) is 26.0 Å². The van der Waals surface area contributed by atoms with Crippen molar-refractivity contribution in [2.45, 2.75) is 26.3 Å². The summed E-state index contributed by atoms with van der Waals surface area (Å²) in [5.74, 6) is -0.185. The summed E-state index contributed by atoms with van der Waals surface area (Å²) in [4.78, 5) is 30.0. The molecule has 0 unspecified atom stereocenters. The van der Waals surface area contributed by atoms with Gasteiger partial charge in [-0.05, 0) is 62.2 Å². The van der Waals surface area contributed by atoms with Crippen LogP contribution in [0.3, 0.4) is 0 Å². The molecule has 5 nitrogen and oxygen atoms in total. The van der Waals surface area contributed by atoms with E-state index >= 15 is 0 Å². The van der Waals surface area contributed by atoms with E-state index in [-0.39, 0.29) is 17.9 Å². The molecule has 1 heterocycles. The zero-order chi connectivity index (χ0) is 17.5. The van der Waals surface area contributed by atoms with Gasteiger partial charge in [0.05, 0.1) is 0 Å². The number of nitrogens with zero attached hydrogens (tertiary/aromatic N) is 2. The number of benzene rings is 1. The number of aromatic nitrogens is 1. The summed E-state index contributed by atoms with van der Waals surface area (Å²) in [6.07, 6.45) is 4.27. The van der Waals surface area contributed by atoms with Crippen LogP contribution in [0.25, 0.3) is 0 Å². The van der Waals surface area contributed by atoms with Gasteiger partial charge in [-0.2, -0.15) is 0 Å². The molecule has 24 heavy (non-hydrogen) atoms. The van der Waals surface area contributed by atoms with Gasteiger partial charge < -0.3 is 10.2 Å². The van der Waals surface area contributed by atoms with Crippen molar-refractivity contribution in [2.24, 2.45) is 0 Å². The summed E-state index contributed by atoms with van der Waals surface area (Å²) in [6.45, 7) is 4.44. The van der Waals surface area contributed by atoms with Crippen LogP contribution < -0.4 is 5.32 Å². The van der Waals surface area contributed by atoms with Crippen molar-refractivity contribution < 1.29 is 9.59 Å². The number of rotatable bonds is 6. The fourth-order valence-corrected chi connectivity index (χ4v) is 2.28. The minimum Gasteiger partial charge on any atom is -0.350 e. The maximum Gasteiger partial charge on any atom is 0.253 e. The largest absolute Gasteiger partial charge is 0.350 e. The van der Waals surface area contributed by atoms with Crippen LogP contribution in [0.2, 0.25) is 0 Å². The van der Waals surface area contributed by atoms with E-state index in [0.29, 0.717) is 17.7 Å². The number of amides is 2. The highest BCUT2D eigenvalue weighted by molar-refractivity contribution is 5.97. The minimum absolute atomic E-state index is 0.0557. The first kappa shape index (κ1) is 17.7. The molecule has 0 aliphatic heterocycles. The van der Waals surface area contributed by atoms with Gasteiger partial charge >= 0.3 is 0 Å². The zero-order valence-electron chi connectivity index (χ0n) is 14.3. The third kappa shape index (κ3) is 4.91. The molecule has 0 radical (unpaired) electrons. The Hall–Kier alpha value is -2.69. The zero-order valence-corrected chi connectivity index (χ0v) is 14.3. The lowest BCUT2D eigenvalue weighted by atomic mass is 10.1. The monoisotopic (exact) mass is 325 g/mol. The Morgan fingerprint density at radius 2 is 1.62 bits per heavy atom. The summed E-state index contributed by atoms with van der Waals surface area (Å²) >= 11 is 0. The van der Waals surface area contributed by atoms with E-state index in [1.165, 1.54) is 0 Å². The Kier molecular flexibility index (Phi) is 6.07. The number of hydrogen-bond donors (Lipinski definition) is 1. The fourth-order valence-electron chi connectivity index (χ4n) is 2.28. The van der Waals surface area contributed by atoms with Crippen LogP contribution in [0.4, 0.5) is 0 Å². The number of pyridine rings is 1. The lowest BCUT2D eigenvalue weighted by Crippen LogP contribution is -2.30. The normalized spacial score (nSPS) is 10.5. The van der Waals surface area contributed by atoms with Crippen LogP contribution in [0, 0.1) is 0 Å². The molecule has 5 heteroatoms. The minimum atomic E-state index is -0.130. The van der Waals surface area contributed by atoms with E-state index < -0.39 is 0 Å². The Bertz CT molecular complexity index is 682. The van der Waals surface area contributed by atoms with Crippen LogP contribution in [0.5, 0.6) is 0 Å². The van der Waals surface area contributed by atoms with Crippen molar-refractivity contribution in [1.29, 1.82) is 0 Å². The number of nitrogens with one attached hydrogen (secondary N) is 1. The first-order valence-electron chi connectivity index (χ1n) is 8.02. The second-order valence-corrected chi connectivity index (χ2v) is 6.04. The molecule has 1 N–H and O–H groups in total. The highest BCUT2D eigenvalue weighted by Crippen LogP contribution is 2.08. The maximum absolute atomic E-state index is 12.4. The molecule has 0 aliphatic rings. The van der Waals surface area contributed by atoms with Crippen LogP contribution >= 0.6 is 0 Å². The van der Waals surface area contributed by atoms with Crippen LogP contribution in [-0.2, 0) is 6.42 Å². The number of carbonyl (C=O) groups is 2. The number of likely N-dealkylation sites (N-methyl/N-ethyl adjacent to an activating group) is 1. The highest BCUT2D eigenvalue weighted by Gasteiger charge is 2.13. The predicted octanol–water partition coefficient (Wildman–Crippen LogP) is 2.53. The summed E-state index contributed by atoms with van der Waals surface area (Å²) in [5, 5.41) is 2.83. The second-order valence-electron chi connectivity index (χ2n) is 6.04. The summed E-state index contributed by atoms with van der Waals surface area (Å²) in [6, 6.07) is 10.7. The van der Waals surface area contributed by atoms with Crippen molar-refractivity contribution in [1.82, 2.24) is 15.2 Å². The maximum atomic E-state index is 12.4. The first-order chi connectivity index (χ1) is 11.5. The number of hydrogen-bond acceptors (Lipinski definition) is 3. The van der Waals surface area contributed by atoms with Gasteiger partial charge in [0.15, 0.2) is 0 Å². The fraction of sp³-hybridized carbons (Fsp3) is 0.316. The Morgan fingerprint density at radius 3 is 2.21 bits per heavy atom. The van der Waals surface area contributed by atoms with Crippen molar-refractivity contribution >= 4 is 11.8 Å². The van der Waals surface area contributed by atoms with Crippen LogP contribution in [-0.4, -0.2) is 41.3 Å². The molecular weight excluding hydrogens is 302 g/mol. The van der Waals surface area contributed by atoms with Gasteiger partial charge in [0.25, 0.3) is 11.8 Å². The third-order valence-electron chi connectivity index (χ3n) is 3.65. The molecule has 126 valence electrons. The highest BCUT2D eigenvalue weighted by atomic mass is 16.2. The van der Waals surface area contributed by atoms with Crippen molar-refractivity contribution in [2.75, 3.05) is 13.6 Å². The van der Waals surface area contributed by atoms with E-state index in [0.717, 1.165) is 12.0 Å². The average Bonchev–Trinajstić information content (AvgIpc) is 2.59. The molecule has 2 amide bonds. The predicted molar refractivity (Wildman–Crippen MR) is 93.9 cm³/mol. The van der Waals surface area contributed by atoms with Gasteiger partial charge in [0.1, 0.15) is 0 Å². The average molecular weight is 325 g/mol. The van der Waals surface area contributed by atoms with Crippen molar-refractivity contribution in [3.63, 3.8) is 0 Å². The van der Waals surface area contributed by atoms with Crippen LogP contribution in [0.1, 0.15) is 40.1 Å². The molecule has 0 fully saturated rings. The molecule has 1 aromatic heterocycles. The van der Waals surface area contributed by atoms with Crippen molar-refractivity contribution in [3.8, 4) is 0 Å². The van der Waals surface area contributed by atoms with Gasteiger partial charge in [-0.15, -0.1) is 0 Å². The SMILES string of the molecule is CC(C)NC(=O)c1ccc(C(=O)N(C)CCc2ccncc2)cc1. The second kappa shape index (κ2) is 8.24. The van der Waals surface area contributed by atoms with Gasteiger partial charge in [0.2, 0.25) is 0 Å². The van der Waals surface area contributed by atoms with Gasteiger partial charge in [-0.25, -0.2) is 0 Å². The molecule has 0 bridgehead atoms. The quantitative estimate of drug-likeness (QED) is 0.888. The van der Waals surface area contributed by atoms with E-state index in [4.69, 9.17) is 0 Å². The lowest BCUT2D eigenvalue weighted by molar-refractivity contribution is 0.0795. The molecule has 0 atom stereocenters. The van der Waals surface area contributed by atoms with E-state index in [1.54, 1.807) is 48.6 Å². The molecule has 0 saturated heterocycles. The Labute approximate surface area is 142 Å². The van der Waals surface area contributed by atoms with Crippen LogP contribution in [0.15, 0.2) is 48.8 Å². The summed E-state index contributed by atoms with van der Waals surface area (Å²) in [7, 11) is 1.78. The van der Waals surface area contributed by atoms with Gasteiger partial charge in [-0.1, -0.05) is 0 Å². The topological polar surface area (TPSA) is 62.3 Å². The van der Waals surface area contributed by atoms with E-state index in [2.05, 4.69) is 10.3 Å². The molecule has 1 aromatic carbocycles. The lowest BCUT2D eigenvalue weighted by Gasteiger charge is -2.17. The summed E-state index contributed by atoms with van der Waals surface area (Å²) in [5.41, 5.74) is 2.28. The Morgan fingerprint density at radius 1 is 1.04 bits per heavy atom. The molecule has 0 aliphatic carbocycles. The third-order valence-corrected chi connectivity index (χ3v) is 3.65. The first-order valence-corrected chi connectivity index (χ1v) is 8.02. The molecule has 2 rings (SSSR count). The van der Waals surface area contributed by atoms with Crippen molar-refractivity contribution in [3.05, 3.63) is 65.5 Å². The van der Waals surface area contributed by atoms with Gasteiger partial charge in [0, 0.05) is 43.2 Å². The Balaban J connectivity index is 1.95. The molecule has 0 spiro atoms. The molecular formula is C19H23N3O2. The number of carbonyl (C=O) groups excluding carboxylic acids is 2. The molecule has 2 aromatic rings. The summed E-state index contributed by atoms with van der Waals surface area (Å²) < 4.78 is 0. The standard InChI is InChI=1S/C19H23N3O2/c1-14(2)21-18(23)16-4-6-17(7-5-16)19(24)22(3)13-10-15-8-11-20-12-9-15/h4-9,11-12,14H,10,13H2,1-3H3,(H,21,23). The molecule has 0 saturated carbocycles. The van der Waals surface area contributed by atoms with E-state index in [9.17, 15) is 9.59 Å². The smallest absolute Gasteiger partial charge is 0.253 e.